The third-order valence-corrected chi connectivity index (χ3v) is 3.95. The molecule has 0 spiro atoms. The van der Waals surface area contributed by atoms with Crippen molar-refractivity contribution < 1.29 is 0 Å². The molecule has 0 radical (unpaired) electrons. The third-order valence-electron chi connectivity index (χ3n) is 3.95. The molecule has 0 saturated heterocycles. The van der Waals surface area contributed by atoms with Gasteiger partial charge in [0, 0.05) is 19.6 Å². The summed E-state index contributed by atoms with van der Waals surface area (Å²) in [5, 5.41) is 14.8. The fourth-order valence-electron chi connectivity index (χ4n) is 2.50. The topological polar surface area (TPSA) is 67.1 Å². The number of nitrogens with zero attached hydrogens (tertiary/aromatic N) is 4. The molecule has 1 aromatic carbocycles. The van der Waals surface area contributed by atoms with Gasteiger partial charge in [-0.1, -0.05) is 36.8 Å². The van der Waals surface area contributed by atoms with Gasteiger partial charge in [-0.2, -0.15) is 0 Å². The first-order valence-corrected chi connectivity index (χ1v) is 8.59. The average Bonchev–Trinajstić information content (AvgIpc) is 3.04. The number of hydrogen-bond acceptors (Lipinski definition) is 3. The van der Waals surface area contributed by atoms with E-state index in [1.807, 2.05) is 4.57 Å². The fraction of sp³-hybridized carbons (Fsp3) is 0.500. The molecule has 130 valence electrons. The highest BCUT2D eigenvalue weighted by atomic mass is 15.3. The molecule has 0 bridgehead atoms. The summed E-state index contributed by atoms with van der Waals surface area (Å²) in [4.78, 5) is 4.62. The fourth-order valence-corrected chi connectivity index (χ4v) is 2.50. The standard InChI is InChI=1S/C18H28N6/c1-5-19-18(21-12-17-23-22-13-24(17)6-2)20-11-15(4)16-9-7-8-14(3)10-16/h7-10,13,15H,5-6,11-12H2,1-4H3,(H2,19,20,21). The monoisotopic (exact) mass is 328 g/mol. The van der Waals surface area contributed by atoms with Crippen LogP contribution in [0.1, 0.15) is 43.6 Å². The molecule has 0 aliphatic heterocycles. The van der Waals surface area contributed by atoms with Crippen LogP contribution >= 0.6 is 0 Å². The molecule has 0 aliphatic carbocycles. The number of aliphatic imine (C=N–C) groups is 1. The smallest absolute Gasteiger partial charge is 0.191 e. The van der Waals surface area contributed by atoms with Crippen LogP contribution in [0.5, 0.6) is 0 Å². The van der Waals surface area contributed by atoms with Crippen LogP contribution in [0.25, 0.3) is 0 Å². The van der Waals surface area contributed by atoms with Crippen LogP contribution in [-0.2, 0) is 13.1 Å². The van der Waals surface area contributed by atoms with Crippen molar-refractivity contribution in [1.82, 2.24) is 25.4 Å². The van der Waals surface area contributed by atoms with E-state index < -0.39 is 0 Å². The first-order valence-electron chi connectivity index (χ1n) is 8.59. The largest absolute Gasteiger partial charge is 0.357 e. The van der Waals surface area contributed by atoms with Gasteiger partial charge >= 0.3 is 0 Å². The number of aryl methyl sites for hydroxylation is 2. The van der Waals surface area contributed by atoms with E-state index >= 15 is 0 Å². The summed E-state index contributed by atoms with van der Waals surface area (Å²) >= 11 is 0. The van der Waals surface area contributed by atoms with Crippen molar-refractivity contribution in [2.45, 2.75) is 46.7 Å². The van der Waals surface area contributed by atoms with Crippen LogP contribution < -0.4 is 10.6 Å². The Balaban J connectivity index is 1.96. The van der Waals surface area contributed by atoms with Crippen molar-refractivity contribution in [2.75, 3.05) is 13.1 Å². The predicted molar refractivity (Wildman–Crippen MR) is 98.1 cm³/mol. The first-order chi connectivity index (χ1) is 11.6. The van der Waals surface area contributed by atoms with Crippen LogP contribution in [0.3, 0.4) is 0 Å². The van der Waals surface area contributed by atoms with E-state index in [9.17, 15) is 0 Å². The number of aromatic nitrogens is 3. The highest BCUT2D eigenvalue weighted by Crippen LogP contribution is 2.15. The molecule has 6 heteroatoms. The SMILES string of the molecule is CCNC(=NCc1nncn1CC)NCC(C)c1cccc(C)c1. The molecule has 0 fully saturated rings. The van der Waals surface area contributed by atoms with Crippen LogP contribution in [-0.4, -0.2) is 33.8 Å². The summed E-state index contributed by atoms with van der Waals surface area (Å²) in [6.45, 7) is 11.5. The maximum absolute atomic E-state index is 4.62. The Kier molecular flexibility index (Phi) is 6.78. The van der Waals surface area contributed by atoms with Gasteiger partial charge in [-0.3, -0.25) is 0 Å². The lowest BCUT2D eigenvalue weighted by atomic mass is 9.99. The van der Waals surface area contributed by atoms with E-state index in [0.29, 0.717) is 12.5 Å². The van der Waals surface area contributed by atoms with E-state index in [1.54, 1.807) is 6.33 Å². The van der Waals surface area contributed by atoms with E-state index in [2.05, 4.69) is 77.8 Å². The van der Waals surface area contributed by atoms with Gasteiger partial charge in [-0.15, -0.1) is 10.2 Å². The molecule has 1 aromatic heterocycles. The Labute approximate surface area is 144 Å². The average molecular weight is 328 g/mol. The van der Waals surface area contributed by atoms with Gasteiger partial charge in [-0.05, 0) is 32.3 Å². The lowest BCUT2D eigenvalue weighted by Gasteiger charge is -2.16. The Morgan fingerprint density at radius 1 is 1.29 bits per heavy atom. The van der Waals surface area contributed by atoms with Crippen molar-refractivity contribution in [3.05, 3.63) is 47.5 Å². The summed E-state index contributed by atoms with van der Waals surface area (Å²) in [6, 6.07) is 8.64. The highest BCUT2D eigenvalue weighted by molar-refractivity contribution is 5.79. The van der Waals surface area contributed by atoms with E-state index in [1.165, 1.54) is 11.1 Å². The molecule has 2 N–H and O–H groups in total. The second kappa shape index (κ2) is 9.05. The van der Waals surface area contributed by atoms with Gasteiger partial charge in [0.05, 0.1) is 0 Å². The molecule has 0 aliphatic rings. The lowest BCUT2D eigenvalue weighted by Crippen LogP contribution is -2.39. The van der Waals surface area contributed by atoms with Crippen LogP contribution in [0.2, 0.25) is 0 Å². The molecule has 6 nitrogen and oxygen atoms in total. The van der Waals surface area contributed by atoms with Crippen LogP contribution in [0.15, 0.2) is 35.6 Å². The molecule has 0 saturated carbocycles. The number of guanidine groups is 1. The van der Waals surface area contributed by atoms with Crippen molar-refractivity contribution in [3.63, 3.8) is 0 Å². The minimum absolute atomic E-state index is 0.410. The molecule has 0 amide bonds. The van der Waals surface area contributed by atoms with Crippen molar-refractivity contribution in [2.24, 2.45) is 4.99 Å². The summed E-state index contributed by atoms with van der Waals surface area (Å²) < 4.78 is 2.00. The number of rotatable bonds is 7. The molecule has 2 rings (SSSR count). The van der Waals surface area contributed by atoms with E-state index in [4.69, 9.17) is 0 Å². The zero-order chi connectivity index (χ0) is 17.4. The quantitative estimate of drug-likeness (QED) is 0.605. The molecule has 1 unspecified atom stereocenters. The van der Waals surface area contributed by atoms with Gasteiger partial charge in [0.25, 0.3) is 0 Å². The lowest BCUT2D eigenvalue weighted by molar-refractivity contribution is 0.681. The van der Waals surface area contributed by atoms with Gasteiger partial charge in [0.1, 0.15) is 12.9 Å². The highest BCUT2D eigenvalue weighted by Gasteiger charge is 2.08. The minimum Gasteiger partial charge on any atom is -0.357 e. The van der Waals surface area contributed by atoms with Gasteiger partial charge < -0.3 is 15.2 Å². The Bertz CT molecular complexity index is 661. The van der Waals surface area contributed by atoms with Crippen LogP contribution in [0, 0.1) is 6.92 Å². The van der Waals surface area contributed by atoms with Gasteiger partial charge in [-0.25, -0.2) is 4.99 Å². The van der Waals surface area contributed by atoms with Crippen molar-refractivity contribution in [3.8, 4) is 0 Å². The van der Waals surface area contributed by atoms with Gasteiger partial charge in [0.2, 0.25) is 0 Å². The Morgan fingerprint density at radius 2 is 2.12 bits per heavy atom. The second-order valence-electron chi connectivity index (χ2n) is 5.92. The normalized spacial score (nSPS) is 12.9. The Morgan fingerprint density at radius 3 is 2.83 bits per heavy atom. The van der Waals surface area contributed by atoms with E-state index in [0.717, 1.165) is 31.4 Å². The predicted octanol–water partition coefficient (Wildman–Crippen LogP) is 2.47. The molecule has 1 atom stereocenters. The van der Waals surface area contributed by atoms with E-state index in [-0.39, 0.29) is 0 Å². The minimum atomic E-state index is 0.410. The van der Waals surface area contributed by atoms with Gasteiger partial charge in [0.15, 0.2) is 11.8 Å². The summed E-state index contributed by atoms with van der Waals surface area (Å²) in [7, 11) is 0. The molecule has 2 aromatic rings. The second-order valence-corrected chi connectivity index (χ2v) is 5.92. The summed E-state index contributed by atoms with van der Waals surface area (Å²) in [6.07, 6.45) is 1.74. The molecular formula is C18H28N6. The molecule has 1 heterocycles. The summed E-state index contributed by atoms with van der Waals surface area (Å²) in [5.41, 5.74) is 2.63. The Hall–Kier alpha value is -2.37. The maximum Gasteiger partial charge on any atom is 0.191 e. The van der Waals surface area contributed by atoms with Crippen LogP contribution in [0.4, 0.5) is 0 Å². The molecular weight excluding hydrogens is 300 g/mol. The third kappa shape index (κ3) is 5.08. The maximum atomic E-state index is 4.62. The number of hydrogen-bond donors (Lipinski definition) is 2. The first kappa shape index (κ1) is 18.0. The van der Waals surface area contributed by atoms with Crippen molar-refractivity contribution >= 4 is 5.96 Å². The number of benzene rings is 1. The zero-order valence-electron chi connectivity index (χ0n) is 15.1. The van der Waals surface area contributed by atoms with Crippen molar-refractivity contribution in [1.29, 1.82) is 0 Å². The molecule has 24 heavy (non-hydrogen) atoms. The number of nitrogens with one attached hydrogen (secondary N) is 2. The zero-order valence-corrected chi connectivity index (χ0v) is 15.1. The summed E-state index contributed by atoms with van der Waals surface area (Å²) in [5.74, 6) is 2.09.